The van der Waals surface area contributed by atoms with E-state index in [1.54, 1.807) is 6.92 Å². The van der Waals surface area contributed by atoms with E-state index in [-0.39, 0.29) is 24.3 Å². The van der Waals surface area contributed by atoms with Gasteiger partial charge in [-0.15, -0.1) is 0 Å². The van der Waals surface area contributed by atoms with Crippen molar-refractivity contribution < 1.29 is 13.5 Å². The molecule has 5 nitrogen and oxygen atoms in total. The maximum absolute atomic E-state index is 14.0. The predicted molar refractivity (Wildman–Crippen MR) is 102 cm³/mol. The lowest BCUT2D eigenvalue weighted by atomic mass is 10.1. The van der Waals surface area contributed by atoms with Crippen LogP contribution < -0.4 is 15.4 Å². The monoisotopic (exact) mass is 376 g/mol. The number of aromatic amines is 1. The van der Waals surface area contributed by atoms with Crippen molar-refractivity contribution in [2.75, 3.05) is 18.5 Å². The third-order valence-corrected chi connectivity index (χ3v) is 3.95. The van der Waals surface area contributed by atoms with Gasteiger partial charge >= 0.3 is 0 Å². The molecule has 136 valence electrons. The Balaban J connectivity index is 1.55. The van der Waals surface area contributed by atoms with Gasteiger partial charge in [0.15, 0.2) is 5.11 Å². The molecule has 0 aliphatic rings. The van der Waals surface area contributed by atoms with Crippen LogP contribution in [0.5, 0.6) is 5.75 Å². The summed E-state index contributed by atoms with van der Waals surface area (Å²) in [6.07, 6.45) is 0.145. The van der Waals surface area contributed by atoms with E-state index in [9.17, 15) is 8.78 Å². The van der Waals surface area contributed by atoms with Gasteiger partial charge in [-0.1, -0.05) is 12.1 Å². The zero-order valence-corrected chi connectivity index (χ0v) is 14.9. The Labute approximate surface area is 154 Å². The van der Waals surface area contributed by atoms with Crippen LogP contribution in [0.25, 0.3) is 11.0 Å². The Morgan fingerprint density at radius 2 is 1.96 bits per heavy atom. The average molecular weight is 376 g/mol. The van der Waals surface area contributed by atoms with E-state index in [1.165, 1.54) is 12.1 Å². The van der Waals surface area contributed by atoms with E-state index in [0.717, 1.165) is 11.0 Å². The first-order chi connectivity index (χ1) is 12.6. The molecule has 26 heavy (non-hydrogen) atoms. The van der Waals surface area contributed by atoms with Crippen molar-refractivity contribution in [1.82, 2.24) is 15.3 Å². The summed E-state index contributed by atoms with van der Waals surface area (Å²) >= 11 is 5.19. The molecule has 0 atom stereocenters. The summed E-state index contributed by atoms with van der Waals surface area (Å²) in [5, 5.41) is 6.15. The Kier molecular flexibility index (Phi) is 5.62. The highest BCUT2D eigenvalue weighted by Crippen LogP contribution is 2.21. The van der Waals surface area contributed by atoms with Gasteiger partial charge in [-0.2, -0.15) is 0 Å². The molecule has 0 amide bonds. The Bertz CT molecular complexity index is 872. The van der Waals surface area contributed by atoms with Crippen LogP contribution in [0.2, 0.25) is 0 Å². The maximum Gasteiger partial charge on any atom is 0.207 e. The third-order valence-electron chi connectivity index (χ3n) is 3.71. The summed E-state index contributed by atoms with van der Waals surface area (Å²) < 4.78 is 33.1. The van der Waals surface area contributed by atoms with E-state index in [0.29, 0.717) is 17.7 Å². The van der Waals surface area contributed by atoms with Crippen molar-refractivity contribution in [1.29, 1.82) is 0 Å². The standard InChI is InChI=1S/C18H18F2N4OS/c1-2-25-11-9-13(19)12(14(20)10-11)7-8-21-18(26)24-17-22-15-5-3-4-6-16(15)23-17/h3-6,9-10H,2,7-8H2,1H3,(H3,21,22,23,24,26). The number of rotatable bonds is 6. The Morgan fingerprint density at radius 3 is 2.65 bits per heavy atom. The number of benzene rings is 2. The van der Waals surface area contributed by atoms with Crippen molar-refractivity contribution in [2.24, 2.45) is 0 Å². The molecule has 3 aromatic rings. The molecule has 3 N–H and O–H groups in total. The highest BCUT2D eigenvalue weighted by atomic mass is 32.1. The van der Waals surface area contributed by atoms with Gasteiger partial charge in [-0.25, -0.2) is 13.8 Å². The number of nitrogens with zero attached hydrogens (tertiary/aromatic N) is 1. The van der Waals surface area contributed by atoms with Crippen LogP contribution in [0, 0.1) is 11.6 Å². The first-order valence-corrected chi connectivity index (χ1v) is 8.58. The minimum Gasteiger partial charge on any atom is -0.494 e. The fraction of sp³-hybridized carbons (Fsp3) is 0.222. The first kappa shape index (κ1) is 18.1. The van der Waals surface area contributed by atoms with Gasteiger partial charge < -0.3 is 20.4 Å². The highest BCUT2D eigenvalue weighted by molar-refractivity contribution is 7.80. The summed E-state index contributed by atoms with van der Waals surface area (Å²) in [7, 11) is 0. The van der Waals surface area contributed by atoms with Crippen LogP contribution in [-0.2, 0) is 6.42 Å². The smallest absolute Gasteiger partial charge is 0.207 e. The number of para-hydroxylation sites is 2. The van der Waals surface area contributed by atoms with Gasteiger partial charge in [-0.3, -0.25) is 0 Å². The average Bonchev–Trinajstić information content (AvgIpc) is 2.99. The fourth-order valence-electron chi connectivity index (χ4n) is 2.53. The molecule has 0 aliphatic carbocycles. The third kappa shape index (κ3) is 4.26. The summed E-state index contributed by atoms with van der Waals surface area (Å²) in [6.45, 7) is 2.37. The highest BCUT2D eigenvalue weighted by Gasteiger charge is 2.12. The summed E-state index contributed by atoms with van der Waals surface area (Å²) in [5.41, 5.74) is 1.69. The predicted octanol–water partition coefficient (Wildman–Crippen LogP) is 3.77. The Hall–Kier alpha value is -2.74. The zero-order valence-electron chi connectivity index (χ0n) is 14.1. The molecule has 3 rings (SSSR count). The number of thiocarbonyl (C=S) groups is 1. The molecule has 8 heteroatoms. The lowest BCUT2D eigenvalue weighted by Gasteiger charge is -2.11. The van der Waals surface area contributed by atoms with Gasteiger partial charge in [0.2, 0.25) is 5.95 Å². The van der Waals surface area contributed by atoms with E-state index >= 15 is 0 Å². The molecular formula is C18H18F2N4OS. The molecule has 0 bridgehead atoms. The molecule has 0 unspecified atom stereocenters. The van der Waals surface area contributed by atoms with Gasteiger partial charge in [0.05, 0.1) is 17.6 Å². The van der Waals surface area contributed by atoms with Crippen molar-refractivity contribution in [3.8, 4) is 5.75 Å². The second-order valence-corrected chi connectivity index (χ2v) is 5.94. The fourth-order valence-corrected chi connectivity index (χ4v) is 2.73. The molecule has 0 radical (unpaired) electrons. The molecule has 0 fully saturated rings. The SMILES string of the molecule is CCOc1cc(F)c(CCNC(=S)Nc2nc3ccccc3[nH]2)c(F)c1. The van der Waals surface area contributed by atoms with Crippen LogP contribution in [0.15, 0.2) is 36.4 Å². The lowest BCUT2D eigenvalue weighted by molar-refractivity contribution is 0.335. The number of ether oxygens (including phenoxy) is 1. The van der Waals surface area contributed by atoms with Gasteiger partial charge in [0, 0.05) is 24.2 Å². The van der Waals surface area contributed by atoms with Crippen LogP contribution in [0.1, 0.15) is 12.5 Å². The molecule has 0 spiro atoms. The zero-order chi connectivity index (χ0) is 18.5. The molecular weight excluding hydrogens is 358 g/mol. The van der Waals surface area contributed by atoms with Crippen LogP contribution in [-0.4, -0.2) is 28.2 Å². The minimum absolute atomic E-state index is 0.00695. The van der Waals surface area contributed by atoms with Gasteiger partial charge in [-0.05, 0) is 37.7 Å². The van der Waals surface area contributed by atoms with Crippen molar-refractivity contribution in [3.05, 3.63) is 53.6 Å². The molecule has 1 heterocycles. The van der Waals surface area contributed by atoms with Crippen LogP contribution >= 0.6 is 12.2 Å². The normalized spacial score (nSPS) is 10.7. The molecule has 2 aromatic carbocycles. The number of halogens is 2. The number of hydrogen-bond acceptors (Lipinski definition) is 3. The quantitative estimate of drug-likeness (QED) is 0.572. The van der Waals surface area contributed by atoms with Crippen LogP contribution in [0.4, 0.5) is 14.7 Å². The summed E-state index contributed by atoms with van der Waals surface area (Å²) in [6, 6.07) is 9.95. The number of H-pyrrole nitrogens is 1. The van der Waals surface area contributed by atoms with Gasteiger partial charge in [0.25, 0.3) is 0 Å². The topological polar surface area (TPSA) is 62.0 Å². The molecule has 0 aliphatic heterocycles. The number of anilines is 1. The lowest BCUT2D eigenvalue weighted by Crippen LogP contribution is -2.30. The first-order valence-electron chi connectivity index (χ1n) is 8.17. The van der Waals surface area contributed by atoms with E-state index in [4.69, 9.17) is 17.0 Å². The number of fused-ring (bicyclic) bond motifs is 1. The molecule has 0 saturated carbocycles. The summed E-state index contributed by atoms with van der Waals surface area (Å²) in [4.78, 5) is 7.43. The second kappa shape index (κ2) is 8.09. The number of imidazole rings is 1. The minimum atomic E-state index is -0.633. The van der Waals surface area contributed by atoms with Crippen LogP contribution in [0.3, 0.4) is 0 Å². The van der Waals surface area contributed by atoms with Crippen molar-refractivity contribution in [2.45, 2.75) is 13.3 Å². The van der Waals surface area contributed by atoms with Crippen molar-refractivity contribution >= 4 is 34.3 Å². The maximum atomic E-state index is 14.0. The number of aromatic nitrogens is 2. The number of hydrogen-bond donors (Lipinski definition) is 3. The molecule has 1 aromatic heterocycles. The van der Waals surface area contributed by atoms with Gasteiger partial charge in [0.1, 0.15) is 17.4 Å². The molecule has 0 saturated heterocycles. The van der Waals surface area contributed by atoms with E-state index in [1.807, 2.05) is 24.3 Å². The Morgan fingerprint density at radius 1 is 1.23 bits per heavy atom. The number of nitrogens with one attached hydrogen (secondary N) is 3. The van der Waals surface area contributed by atoms with E-state index in [2.05, 4.69) is 20.6 Å². The second-order valence-electron chi connectivity index (χ2n) is 5.53. The van der Waals surface area contributed by atoms with E-state index < -0.39 is 11.6 Å². The largest absolute Gasteiger partial charge is 0.494 e. The summed E-state index contributed by atoms with van der Waals surface area (Å²) in [5.74, 6) is -0.582. The van der Waals surface area contributed by atoms with Crippen molar-refractivity contribution in [3.63, 3.8) is 0 Å².